The minimum absolute atomic E-state index is 0.669. The molecular weight excluding hydrogens is 266 g/mol. The summed E-state index contributed by atoms with van der Waals surface area (Å²) >= 11 is 3.36. The van der Waals surface area contributed by atoms with E-state index in [2.05, 4.69) is 53.1 Å². The third-order valence-electron chi connectivity index (χ3n) is 2.79. The number of hydrogen-bond donors (Lipinski definition) is 1. The van der Waals surface area contributed by atoms with E-state index in [-0.39, 0.29) is 0 Å². The van der Waals surface area contributed by atoms with E-state index >= 15 is 0 Å². The van der Waals surface area contributed by atoms with Gasteiger partial charge in [0.1, 0.15) is 5.82 Å². The lowest BCUT2D eigenvalue weighted by atomic mass is 10.0. The molecule has 0 spiro atoms. The van der Waals surface area contributed by atoms with Gasteiger partial charge in [0.25, 0.3) is 0 Å². The first-order valence-corrected chi connectivity index (χ1v) is 5.90. The number of nitrogens with zero attached hydrogens (tertiary/aromatic N) is 2. The summed E-state index contributed by atoms with van der Waals surface area (Å²) in [6.07, 6.45) is 1.73. The molecule has 0 fully saturated rings. The van der Waals surface area contributed by atoms with Crippen LogP contribution in [0.2, 0.25) is 0 Å². The summed E-state index contributed by atoms with van der Waals surface area (Å²) in [5, 5.41) is 4.24. The van der Waals surface area contributed by atoms with Gasteiger partial charge >= 0.3 is 0 Å². The standard InChI is InChI=1S/C12H14BrN3/c1-8-4-3-5-9(2)10(8)7-16-12(14)11(13)6-15-16/h3-6H,7,14H2,1-2H3. The maximum atomic E-state index is 5.90. The van der Waals surface area contributed by atoms with Crippen LogP contribution < -0.4 is 5.73 Å². The van der Waals surface area contributed by atoms with E-state index in [0.29, 0.717) is 5.82 Å². The van der Waals surface area contributed by atoms with Crippen LogP contribution >= 0.6 is 15.9 Å². The van der Waals surface area contributed by atoms with Gasteiger partial charge in [-0.2, -0.15) is 5.10 Å². The van der Waals surface area contributed by atoms with Crippen molar-refractivity contribution >= 4 is 21.7 Å². The van der Waals surface area contributed by atoms with Gasteiger partial charge in [-0.3, -0.25) is 0 Å². The molecule has 16 heavy (non-hydrogen) atoms. The molecule has 2 aromatic rings. The van der Waals surface area contributed by atoms with Crippen molar-refractivity contribution in [3.05, 3.63) is 45.6 Å². The molecule has 84 valence electrons. The van der Waals surface area contributed by atoms with E-state index in [9.17, 15) is 0 Å². The van der Waals surface area contributed by atoms with Crippen molar-refractivity contribution in [2.45, 2.75) is 20.4 Å². The van der Waals surface area contributed by atoms with Gasteiger partial charge in [0.05, 0.1) is 17.2 Å². The maximum absolute atomic E-state index is 5.90. The first-order valence-electron chi connectivity index (χ1n) is 5.11. The summed E-state index contributed by atoms with van der Waals surface area (Å²) in [7, 11) is 0. The topological polar surface area (TPSA) is 43.8 Å². The van der Waals surface area contributed by atoms with Crippen LogP contribution in [0.3, 0.4) is 0 Å². The van der Waals surface area contributed by atoms with Crippen LogP contribution in [0.5, 0.6) is 0 Å². The van der Waals surface area contributed by atoms with Gasteiger partial charge in [0, 0.05) is 0 Å². The van der Waals surface area contributed by atoms with Crippen molar-refractivity contribution in [3.8, 4) is 0 Å². The molecule has 0 amide bonds. The molecule has 3 nitrogen and oxygen atoms in total. The minimum atomic E-state index is 0.669. The molecule has 1 aromatic carbocycles. The van der Waals surface area contributed by atoms with Gasteiger partial charge in [-0.15, -0.1) is 0 Å². The summed E-state index contributed by atoms with van der Waals surface area (Å²) in [6.45, 7) is 4.93. The summed E-state index contributed by atoms with van der Waals surface area (Å²) in [5.74, 6) is 0.669. The van der Waals surface area contributed by atoms with Gasteiger partial charge in [0.2, 0.25) is 0 Å². The molecule has 2 rings (SSSR count). The number of benzene rings is 1. The van der Waals surface area contributed by atoms with Crippen LogP contribution in [0, 0.1) is 13.8 Å². The summed E-state index contributed by atoms with van der Waals surface area (Å²) in [5.41, 5.74) is 9.73. The fourth-order valence-corrected chi connectivity index (χ4v) is 2.04. The molecule has 0 radical (unpaired) electrons. The molecule has 0 aliphatic heterocycles. The molecule has 0 unspecified atom stereocenters. The SMILES string of the molecule is Cc1cccc(C)c1Cn1ncc(Br)c1N. The van der Waals surface area contributed by atoms with Crippen molar-refractivity contribution in [3.63, 3.8) is 0 Å². The third-order valence-corrected chi connectivity index (χ3v) is 3.40. The lowest BCUT2D eigenvalue weighted by molar-refractivity contribution is 0.691. The van der Waals surface area contributed by atoms with Crippen molar-refractivity contribution in [1.29, 1.82) is 0 Å². The van der Waals surface area contributed by atoms with Crippen molar-refractivity contribution in [2.75, 3.05) is 5.73 Å². The normalized spacial score (nSPS) is 10.7. The second-order valence-electron chi connectivity index (χ2n) is 3.91. The Kier molecular flexibility index (Phi) is 3.01. The zero-order valence-electron chi connectivity index (χ0n) is 9.37. The van der Waals surface area contributed by atoms with E-state index in [0.717, 1.165) is 11.0 Å². The number of nitrogens with two attached hydrogens (primary N) is 1. The Balaban J connectivity index is 2.38. The molecular formula is C12H14BrN3. The summed E-state index contributed by atoms with van der Waals surface area (Å²) < 4.78 is 2.65. The van der Waals surface area contributed by atoms with Crippen molar-refractivity contribution in [1.82, 2.24) is 9.78 Å². The number of anilines is 1. The summed E-state index contributed by atoms with van der Waals surface area (Å²) in [6, 6.07) is 6.28. The van der Waals surface area contributed by atoms with Gasteiger partial charge in [-0.1, -0.05) is 18.2 Å². The van der Waals surface area contributed by atoms with E-state index in [1.54, 1.807) is 10.9 Å². The average molecular weight is 280 g/mol. The lowest BCUT2D eigenvalue weighted by Gasteiger charge is -2.10. The fraction of sp³-hybridized carbons (Fsp3) is 0.250. The van der Waals surface area contributed by atoms with Crippen LogP contribution in [0.4, 0.5) is 5.82 Å². The van der Waals surface area contributed by atoms with Gasteiger partial charge in [0.15, 0.2) is 0 Å². The summed E-state index contributed by atoms with van der Waals surface area (Å²) in [4.78, 5) is 0. The van der Waals surface area contributed by atoms with E-state index in [1.165, 1.54) is 16.7 Å². The van der Waals surface area contributed by atoms with E-state index < -0.39 is 0 Å². The van der Waals surface area contributed by atoms with Gasteiger partial charge in [-0.05, 0) is 46.5 Å². The van der Waals surface area contributed by atoms with Gasteiger partial charge < -0.3 is 5.73 Å². The van der Waals surface area contributed by atoms with Crippen LogP contribution in [0.25, 0.3) is 0 Å². The molecule has 4 heteroatoms. The molecule has 2 N–H and O–H groups in total. The Hall–Kier alpha value is -1.29. The van der Waals surface area contributed by atoms with Crippen molar-refractivity contribution in [2.24, 2.45) is 0 Å². The number of nitrogen functional groups attached to an aromatic ring is 1. The quantitative estimate of drug-likeness (QED) is 0.919. The lowest BCUT2D eigenvalue weighted by Crippen LogP contribution is -2.08. The number of rotatable bonds is 2. The highest BCUT2D eigenvalue weighted by atomic mass is 79.9. The zero-order chi connectivity index (χ0) is 11.7. The highest BCUT2D eigenvalue weighted by Crippen LogP contribution is 2.21. The Morgan fingerprint density at radius 3 is 2.44 bits per heavy atom. The second kappa shape index (κ2) is 4.29. The first kappa shape index (κ1) is 11.2. The second-order valence-corrected chi connectivity index (χ2v) is 4.76. The molecule has 0 atom stereocenters. The molecule has 1 heterocycles. The molecule has 0 saturated carbocycles. The monoisotopic (exact) mass is 279 g/mol. The van der Waals surface area contributed by atoms with Crippen LogP contribution in [0.15, 0.2) is 28.9 Å². The largest absolute Gasteiger partial charge is 0.383 e. The molecule has 0 bridgehead atoms. The van der Waals surface area contributed by atoms with Gasteiger partial charge in [-0.25, -0.2) is 4.68 Å². The third kappa shape index (κ3) is 1.97. The molecule has 0 aliphatic carbocycles. The molecule has 0 aliphatic rings. The number of aryl methyl sites for hydroxylation is 2. The van der Waals surface area contributed by atoms with Crippen LogP contribution in [0.1, 0.15) is 16.7 Å². The van der Waals surface area contributed by atoms with Crippen molar-refractivity contribution < 1.29 is 0 Å². The average Bonchev–Trinajstić information content (AvgIpc) is 2.55. The Morgan fingerprint density at radius 1 is 1.31 bits per heavy atom. The zero-order valence-corrected chi connectivity index (χ0v) is 11.0. The predicted molar refractivity (Wildman–Crippen MR) is 69.4 cm³/mol. The predicted octanol–water partition coefficient (Wildman–Crippen LogP) is 2.89. The Labute approximate surface area is 103 Å². The minimum Gasteiger partial charge on any atom is -0.383 e. The van der Waals surface area contributed by atoms with E-state index in [1.807, 2.05) is 0 Å². The van der Waals surface area contributed by atoms with Crippen LogP contribution in [-0.2, 0) is 6.54 Å². The number of hydrogen-bond acceptors (Lipinski definition) is 2. The highest BCUT2D eigenvalue weighted by molar-refractivity contribution is 9.10. The fourth-order valence-electron chi connectivity index (χ4n) is 1.75. The van der Waals surface area contributed by atoms with E-state index in [4.69, 9.17) is 5.73 Å². The Bertz CT molecular complexity index is 497. The number of halogens is 1. The molecule has 0 saturated heterocycles. The highest BCUT2D eigenvalue weighted by Gasteiger charge is 2.08. The maximum Gasteiger partial charge on any atom is 0.136 e. The number of aromatic nitrogens is 2. The molecule has 1 aromatic heterocycles. The van der Waals surface area contributed by atoms with Crippen LogP contribution in [-0.4, -0.2) is 9.78 Å². The first-order chi connectivity index (χ1) is 7.59. The Morgan fingerprint density at radius 2 is 1.94 bits per heavy atom. The smallest absolute Gasteiger partial charge is 0.136 e.